The number of carbonyl (C=O) groups excluding carboxylic acids is 3. The van der Waals surface area contributed by atoms with E-state index in [0.717, 1.165) is 5.56 Å². The first-order valence-electron chi connectivity index (χ1n) is 10.8. The molecule has 34 heavy (non-hydrogen) atoms. The third-order valence-corrected chi connectivity index (χ3v) is 4.65. The van der Waals surface area contributed by atoms with E-state index in [-0.39, 0.29) is 43.7 Å². The van der Waals surface area contributed by atoms with Crippen LogP contribution in [-0.4, -0.2) is 31.2 Å². The smallest absolute Gasteiger partial charge is 0.493 e. The first-order chi connectivity index (χ1) is 16.5. The molecule has 0 aliphatic carbocycles. The predicted molar refractivity (Wildman–Crippen MR) is 127 cm³/mol. The maximum atomic E-state index is 12.5. The fourth-order valence-corrected chi connectivity index (χ4v) is 2.98. The number of carbonyl (C=O) groups is 3. The highest BCUT2D eigenvalue weighted by molar-refractivity contribution is 5.95. The fraction of sp³-hybridized carbons (Fsp3) is 0.192. The molecule has 3 aromatic carbocycles. The summed E-state index contributed by atoms with van der Waals surface area (Å²) in [5.74, 6) is 0.491. The maximum absolute atomic E-state index is 12.5. The Balaban J connectivity index is 1.50. The summed E-state index contributed by atoms with van der Waals surface area (Å²) in [5.41, 5.74) is 1.77. The average Bonchev–Trinajstić information content (AvgIpc) is 2.84. The Hall–Kier alpha value is -4.33. The lowest BCUT2D eigenvalue weighted by molar-refractivity contribution is -0.116. The number of para-hydroxylation sites is 2. The summed E-state index contributed by atoms with van der Waals surface area (Å²) in [4.78, 5) is 36.2. The summed E-state index contributed by atoms with van der Waals surface area (Å²) in [6.07, 6.45) is -0.611. The van der Waals surface area contributed by atoms with E-state index < -0.39 is 6.16 Å². The van der Waals surface area contributed by atoms with Crippen molar-refractivity contribution in [3.63, 3.8) is 0 Å². The van der Waals surface area contributed by atoms with Crippen LogP contribution in [0.2, 0.25) is 0 Å². The van der Waals surface area contributed by atoms with Gasteiger partial charge in [-0.15, -0.1) is 0 Å². The summed E-state index contributed by atoms with van der Waals surface area (Å²) in [6, 6.07) is 22.6. The van der Waals surface area contributed by atoms with Crippen LogP contribution < -0.4 is 20.1 Å². The topological polar surface area (TPSA) is 103 Å². The van der Waals surface area contributed by atoms with Crippen molar-refractivity contribution in [1.29, 1.82) is 0 Å². The van der Waals surface area contributed by atoms with Gasteiger partial charge in [-0.25, -0.2) is 4.79 Å². The zero-order valence-corrected chi connectivity index (χ0v) is 18.8. The highest BCUT2D eigenvalue weighted by Gasteiger charge is 2.11. The molecule has 0 atom stereocenters. The zero-order chi connectivity index (χ0) is 24.2. The van der Waals surface area contributed by atoms with Gasteiger partial charge in [-0.1, -0.05) is 36.4 Å². The standard InChI is InChI=1S/C26H26N2O6/c1-2-32-26(31)34-22-14-12-19(13-15-22)25(30)27-18-20-8-6-7-11-23(20)28-24(29)16-17-33-21-9-4-3-5-10-21/h3-15H,2,16-18H2,1H3,(H,27,30)(H,28,29). The molecule has 8 heteroatoms. The Kier molecular flexibility index (Phi) is 9.04. The second kappa shape index (κ2) is 12.6. The first-order valence-corrected chi connectivity index (χ1v) is 10.8. The summed E-state index contributed by atoms with van der Waals surface area (Å²) >= 11 is 0. The lowest BCUT2D eigenvalue weighted by atomic mass is 10.1. The second-order valence-electron chi connectivity index (χ2n) is 7.11. The molecular formula is C26H26N2O6. The average molecular weight is 463 g/mol. The van der Waals surface area contributed by atoms with E-state index in [1.807, 2.05) is 48.5 Å². The van der Waals surface area contributed by atoms with Crippen LogP contribution in [0.4, 0.5) is 10.5 Å². The van der Waals surface area contributed by atoms with Crippen LogP contribution in [-0.2, 0) is 16.1 Å². The molecule has 8 nitrogen and oxygen atoms in total. The molecule has 0 fully saturated rings. The highest BCUT2D eigenvalue weighted by Crippen LogP contribution is 2.17. The number of hydrogen-bond acceptors (Lipinski definition) is 6. The second-order valence-corrected chi connectivity index (χ2v) is 7.11. The third-order valence-electron chi connectivity index (χ3n) is 4.65. The van der Waals surface area contributed by atoms with Crippen molar-refractivity contribution in [2.75, 3.05) is 18.5 Å². The molecule has 0 saturated heterocycles. The number of nitrogens with one attached hydrogen (secondary N) is 2. The molecule has 3 rings (SSSR count). The van der Waals surface area contributed by atoms with Crippen molar-refractivity contribution >= 4 is 23.7 Å². The van der Waals surface area contributed by atoms with Gasteiger partial charge < -0.3 is 24.8 Å². The van der Waals surface area contributed by atoms with Gasteiger partial charge in [0, 0.05) is 17.8 Å². The molecule has 0 bridgehead atoms. The van der Waals surface area contributed by atoms with Gasteiger partial charge in [0.2, 0.25) is 5.91 Å². The predicted octanol–water partition coefficient (Wildman–Crippen LogP) is 4.56. The van der Waals surface area contributed by atoms with Gasteiger partial charge in [-0.05, 0) is 55.0 Å². The normalized spacial score (nSPS) is 10.1. The number of benzene rings is 3. The molecule has 3 aromatic rings. The Bertz CT molecular complexity index is 1100. The van der Waals surface area contributed by atoms with Gasteiger partial charge in [-0.2, -0.15) is 0 Å². The van der Waals surface area contributed by atoms with Gasteiger partial charge in [-0.3, -0.25) is 9.59 Å². The van der Waals surface area contributed by atoms with Crippen LogP contribution in [0.15, 0.2) is 78.9 Å². The molecule has 0 unspecified atom stereocenters. The SMILES string of the molecule is CCOC(=O)Oc1ccc(C(=O)NCc2ccccc2NC(=O)CCOc2ccccc2)cc1. The van der Waals surface area contributed by atoms with Crippen molar-refractivity contribution < 1.29 is 28.6 Å². The minimum absolute atomic E-state index is 0.188. The third kappa shape index (κ3) is 7.67. The van der Waals surface area contributed by atoms with Crippen molar-refractivity contribution in [1.82, 2.24) is 5.32 Å². The van der Waals surface area contributed by atoms with Gasteiger partial charge in [0.05, 0.1) is 19.6 Å². The molecule has 0 aliphatic rings. The Morgan fingerprint density at radius 3 is 2.26 bits per heavy atom. The van der Waals surface area contributed by atoms with Gasteiger partial charge in [0.15, 0.2) is 0 Å². The molecule has 0 spiro atoms. The van der Waals surface area contributed by atoms with E-state index in [2.05, 4.69) is 10.6 Å². The number of ether oxygens (including phenoxy) is 3. The molecule has 176 valence electrons. The van der Waals surface area contributed by atoms with Crippen LogP contribution in [0.25, 0.3) is 0 Å². The quantitative estimate of drug-likeness (QED) is 0.338. The summed E-state index contributed by atoms with van der Waals surface area (Å²) < 4.78 is 15.3. The van der Waals surface area contributed by atoms with E-state index >= 15 is 0 Å². The highest BCUT2D eigenvalue weighted by atomic mass is 16.7. The summed E-state index contributed by atoms with van der Waals surface area (Å²) in [7, 11) is 0. The van der Waals surface area contributed by atoms with Gasteiger partial charge in [0.1, 0.15) is 11.5 Å². The minimum Gasteiger partial charge on any atom is -0.493 e. The van der Waals surface area contributed by atoms with E-state index in [4.69, 9.17) is 14.2 Å². The molecule has 0 radical (unpaired) electrons. The Morgan fingerprint density at radius 2 is 1.53 bits per heavy atom. The lowest BCUT2D eigenvalue weighted by Crippen LogP contribution is -2.24. The summed E-state index contributed by atoms with van der Waals surface area (Å²) in [5, 5.41) is 5.69. The van der Waals surface area contributed by atoms with Crippen LogP contribution in [0.1, 0.15) is 29.3 Å². The molecular weight excluding hydrogens is 436 g/mol. The van der Waals surface area contributed by atoms with Crippen LogP contribution in [0.3, 0.4) is 0 Å². The van der Waals surface area contributed by atoms with Crippen molar-refractivity contribution in [3.05, 3.63) is 90.0 Å². The van der Waals surface area contributed by atoms with Gasteiger partial charge in [0.25, 0.3) is 5.91 Å². The molecule has 0 heterocycles. The van der Waals surface area contributed by atoms with E-state index in [0.29, 0.717) is 17.0 Å². The fourth-order valence-electron chi connectivity index (χ4n) is 2.98. The number of rotatable bonds is 10. The van der Waals surface area contributed by atoms with Crippen molar-refractivity contribution in [2.45, 2.75) is 19.9 Å². The van der Waals surface area contributed by atoms with Gasteiger partial charge >= 0.3 is 6.16 Å². The number of anilines is 1. The Labute approximate surface area is 197 Å². The molecule has 2 amide bonds. The first kappa shape index (κ1) is 24.3. The monoisotopic (exact) mass is 462 g/mol. The number of amides is 2. The van der Waals surface area contributed by atoms with E-state index in [1.54, 1.807) is 25.1 Å². The van der Waals surface area contributed by atoms with Crippen LogP contribution in [0, 0.1) is 0 Å². The lowest BCUT2D eigenvalue weighted by Gasteiger charge is -2.12. The number of hydrogen-bond donors (Lipinski definition) is 2. The largest absolute Gasteiger partial charge is 0.513 e. The Morgan fingerprint density at radius 1 is 0.824 bits per heavy atom. The maximum Gasteiger partial charge on any atom is 0.513 e. The van der Waals surface area contributed by atoms with E-state index in [1.165, 1.54) is 12.1 Å². The molecule has 0 aliphatic heterocycles. The molecule has 2 N–H and O–H groups in total. The van der Waals surface area contributed by atoms with Crippen LogP contribution >= 0.6 is 0 Å². The zero-order valence-electron chi connectivity index (χ0n) is 18.8. The van der Waals surface area contributed by atoms with Crippen molar-refractivity contribution in [3.8, 4) is 11.5 Å². The molecule has 0 aromatic heterocycles. The van der Waals surface area contributed by atoms with E-state index in [9.17, 15) is 14.4 Å². The van der Waals surface area contributed by atoms with Crippen molar-refractivity contribution in [2.24, 2.45) is 0 Å². The van der Waals surface area contributed by atoms with Crippen LogP contribution in [0.5, 0.6) is 11.5 Å². The minimum atomic E-state index is -0.801. The summed E-state index contributed by atoms with van der Waals surface area (Å²) in [6.45, 7) is 2.36. The molecule has 0 saturated carbocycles.